The van der Waals surface area contributed by atoms with Gasteiger partial charge < -0.3 is 5.11 Å². The van der Waals surface area contributed by atoms with E-state index in [1.165, 1.54) is 5.56 Å². The minimum atomic E-state index is 0.128. The van der Waals surface area contributed by atoms with Crippen LogP contribution < -0.4 is 0 Å². The molecule has 0 radical (unpaired) electrons. The van der Waals surface area contributed by atoms with Crippen LogP contribution in [-0.4, -0.2) is 5.11 Å². The molecule has 0 spiro atoms. The number of halogens is 1. The van der Waals surface area contributed by atoms with Crippen LogP contribution in [0.25, 0.3) is 0 Å². The Kier molecular flexibility index (Phi) is 3.09. The molecule has 1 nitrogen and oxygen atoms in total. The standard InChI is InChI=1S/C9H11BrO/c1-2-8-7(6-11)4-3-5-9(8)10/h3-5,11H,2,6H2,1H3. The summed E-state index contributed by atoms with van der Waals surface area (Å²) in [6.45, 7) is 2.21. The summed E-state index contributed by atoms with van der Waals surface area (Å²) in [5.74, 6) is 0. The molecule has 2 heteroatoms. The Morgan fingerprint density at radius 1 is 1.45 bits per heavy atom. The van der Waals surface area contributed by atoms with Crippen molar-refractivity contribution in [3.63, 3.8) is 0 Å². The van der Waals surface area contributed by atoms with Crippen molar-refractivity contribution in [3.05, 3.63) is 33.8 Å². The van der Waals surface area contributed by atoms with Gasteiger partial charge in [0.25, 0.3) is 0 Å². The van der Waals surface area contributed by atoms with Gasteiger partial charge in [0.05, 0.1) is 6.61 Å². The Morgan fingerprint density at radius 3 is 2.64 bits per heavy atom. The Balaban J connectivity index is 3.13. The lowest BCUT2D eigenvalue weighted by Crippen LogP contribution is -1.92. The molecule has 0 bridgehead atoms. The zero-order chi connectivity index (χ0) is 8.27. The van der Waals surface area contributed by atoms with Crippen LogP contribution in [0.2, 0.25) is 0 Å². The second-order valence-corrected chi connectivity index (χ2v) is 3.24. The van der Waals surface area contributed by atoms with Crippen molar-refractivity contribution in [2.45, 2.75) is 20.0 Å². The van der Waals surface area contributed by atoms with Crippen molar-refractivity contribution in [2.75, 3.05) is 0 Å². The van der Waals surface area contributed by atoms with E-state index in [1.807, 2.05) is 18.2 Å². The first kappa shape index (κ1) is 8.75. The van der Waals surface area contributed by atoms with Gasteiger partial charge in [0.2, 0.25) is 0 Å². The van der Waals surface area contributed by atoms with Gasteiger partial charge in [-0.2, -0.15) is 0 Å². The molecule has 0 fully saturated rings. The quantitative estimate of drug-likeness (QED) is 0.803. The fraction of sp³-hybridized carbons (Fsp3) is 0.333. The molecule has 60 valence electrons. The molecule has 0 amide bonds. The summed E-state index contributed by atoms with van der Waals surface area (Å²) < 4.78 is 1.09. The van der Waals surface area contributed by atoms with Crippen LogP contribution in [0.5, 0.6) is 0 Å². The van der Waals surface area contributed by atoms with Crippen LogP contribution >= 0.6 is 15.9 Å². The molecule has 0 aliphatic carbocycles. The molecule has 0 saturated carbocycles. The molecular weight excluding hydrogens is 204 g/mol. The highest BCUT2D eigenvalue weighted by Gasteiger charge is 2.01. The fourth-order valence-electron chi connectivity index (χ4n) is 1.15. The average molecular weight is 215 g/mol. The van der Waals surface area contributed by atoms with E-state index in [2.05, 4.69) is 22.9 Å². The summed E-state index contributed by atoms with van der Waals surface area (Å²) in [4.78, 5) is 0. The lowest BCUT2D eigenvalue weighted by molar-refractivity contribution is 0.280. The van der Waals surface area contributed by atoms with E-state index in [4.69, 9.17) is 5.11 Å². The highest BCUT2D eigenvalue weighted by Crippen LogP contribution is 2.20. The van der Waals surface area contributed by atoms with Crippen LogP contribution in [0.3, 0.4) is 0 Å². The minimum Gasteiger partial charge on any atom is -0.392 e. The molecule has 11 heavy (non-hydrogen) atoms. The van der Waals surface area contributed by atoms with E-state index < -0.39 is 0 Å². The van der Waals surface area contributed by atoms with Crippen molar-refractivity contribution < 1.29 is 5.11 Å². The monoisotopic (exact) mass is 214 g/mol. The number of hydrogen-bond donors (Lipinski definition) is 1. The van der Waals surface area contributed by atoms with Crippen LogP contribution in [0, 0.1) is 0 Å². The van der Waals surface area contributed by atoms with Gasteiger partial charge in [0.15, 0.2) is 0 Å². The van der Waals surface area contributed by atoms with Gasteiger partial charge in [-0.15, -0.1) is 0 Å². The molecule has 1 aromatic carbocycles. The number of rotatable bonds is 2. The second kappa shape index (κ2) is 3.88. The topological polar surface area (TPSA) is 20.2 Å². The zero-order valence-corrected chi connectivity index (χ0v) is 8.06. The fourth-order valence-corrected chi connectivity index (χ4v) is 1.84. The molecule has 1 aromatic rings. The van der Waals surface area contributed by atoms with Crippen LogP contribution in [-0.2, 0) is 13.0 Å². The summed E-state index contributed by atoms with van der Waals surface area (Å²) in [5.41, 5.74) is 2.22. The van der Waals surface area contributed by atoms with Crippen molar-refractivity contribution in [1.29, 1.82) is 0 Å². The van der Waals surface area contributed by atoms with E-state index in [9.17, 15) is 0 Å². The van der Waals surface area contributed by atoms with Gasteiger partial charge >= 0.3 is 0 Å². The highest BCUT2D eigenvalue weighted by atomic mass is 79.9. The van der Waals surface area contributed by atoms with E-state index >= 15 is 0 Å². The molecule has 0 atom stereocenters. The van der Waals surface area contributed by atoms with Crippen LogP contribution in [0.4, 0.5) is 0 Å². The summed E-state index contributed by atoms with van der Waals surface area (Å²) >= 11 is 3.44. The van der Waals surface area contributed by atoms with Crippen LogP contribution in [0.15, 0.2) is 22.7 Å². The highest BCUT2D eigenvalue weighted by molar-refractivity contribution is 9.10. The largest absolute Gasteiger partial charge is 0.392 e. The first-order valence-electron chi connectivity index (χ1n) is 3.66. The predicted molar refractivity (Wildman–Crippen MR) is 49.4 cm³/mol. The summed E-state index contributed by atoms with van der Waals surface area (Å²) in [6.07, 6.45) is 0.956. The van der Waals surface area contributed by atoms with Gasteiger partial charge in [0, 0.05) is 4.47 Å². The minimum absolute atomic E-state index is 0.128. The molecule has 0 saturated heterocycles. The summed E-state index contributed by atoms with van der Waals surface area (Å²) in [7, 11) is 0. The maximum atomic E-state index is 8.95. The van der Waals surface area contributed by atoms with Crippen molar-refractivity contribution in [2.24, 2.45) is 0 Å². The number of hydrogen-bond acceptors (Lipinski definition) is 1. The first-order valence-corrected chi connectivity index (χ1v) is 4.46. The molecule has 1 N–H and O–H groups in total. The molecular formula is C9H11BrO. The molecule has 0 aromatic heterocycles. The summed E-state index contributed by atoms with van der Waals surface area (Å²) in [5, 5.41) is 8.95. The Bertz CT molecular complexity index is 245. The second-order valence-electron chi connectivity index (χ2n) is 2.39. The molecule has 0 aliphatic heterocycles. The smallest absolute Gasteiger partial charge is 0.0684 e. The molecule has 1 rings (SSSR count). The first-order chi connectivity index (χ1) is 5.29. The number of benzene rings is 1. The lowest BCUT2D eigenvalue weighted by atomic mass is 10.1. The third-order valence-electron chi connectivity index (χ3n) is 1.74. The normalized spacial score (nSPS) is 10.1. The third-order valence-corrected chi connectivity index (χ3v) is 2.48. The van der Waals surface area contributed by atoms with Crippen molar-refractivity contribution in [1.82, 2.24) is 0 Å². The molecule has 0 heterocycles. The van der Waals surface area contributed by atoms with Gasteiger partial charge in [-0.25, -0.2) is 0 Å². The lowest BCUT2D eigenvalue weighted by Gasteiger charge is -2.05. The maximum absolute atomic E-state index is 8.95. The van der Waals surface area contributed by atoms with Crippen molar-refractivity contribution >= 4 is 15.9 Å². The predicted octanol–water partition coefficient (Wildman–Crippen LogP) is 2.50. The van der Waals surface area contributed by atoms with Gasteiger partial charge in [-0.05, 0) is 23.6 Å². The van der Waals surface area contributed by atoms with Gasteiger partial charge in [-0.1, -0.05) is 35.0 Å². The van der Waals surface area contributed by atoms with Gasteiger partial charge in [-0.3, -0.25) is 0 Å². The maximum Gasteiger partial charge on any atom is 0.0684 e. The number of aliphatic hydroxyl groups is 1. The SMILES string of the molecule is CCc1c(Br)cccc1CO. The van der Waals surface area contributed by atoms with Crippen LogP contribution in [0.1, 0.15) is 18.1 Å². The third kappa shape index (κ3) is 1.82. The van der Waals surface area contributed by atoms with E-state index in [-0.39, 0.29) is 6.61 Å². The Labute approximate surface area is 75.2 Å². The summed E-state index contributed by atoms with van der Waals surface area (Å²) in [6, 6.07) is 5.89. The van der Waals surface area contributed by atoms with E-state index in [0.29, 0.717) is 0 Å². The zero-order valence-electron chi connectivity index (χ0n) is 6.47. The van der Waals surface area contributed by atoms with Gasteiger partial charge in [0.1, 0.15) is 0 Å². The Hall–Kier alpha value is -0.340. The molecule has 0 aliphatic rings. The molecule has 0 unspecified atom stereocenters. The van der Waals surface area contributed by atoms with Crippen molar-refractivity contribution in [3.8, 4) is 0 Å². The number of aliphatic hydroxyl groups excluding tert-OH is 1. The average Bonchev–Trinajstić information content (AvgIpc) is 2.04. The van der Waals surface area contributed by atoms with E-state index in [1.54, 1.807) is 0 Å². The Morgan fingerprint density at radius 2 is 2.18 bits per heavy atom. The van der Waals surface area contributed by atoms with E-state index in [0.717, 1.165) is 16.5 Å².